The zero-order chi connectivity index (χ0) is 17.4. The summed E-state index contributed by atoms with van der Waals surface area (Å²) in [6.45, 7) is 2.43. The molecule has 1 atom stereocenters. The predicted molar refractivity (Wildman–Crippen MR) is 93.4 cm³/mol. The smallest absolute Gasteiger partial charge is 0.232 e. The van der Waals surface area contributed by atoms with Crippen LogP contribution in [0, 0.1) is 6.92 Å². The van der Waals surface area contributed by atoms with Gasteiger partial charge in [0, 0.05) is 41.6 Å². The van der Waals surface area contributed by atoms with Crippen LogP contribution in [0.25, 0.3) is 11.4 Å². The van der Waals surface area contributed by atoms with Gasteiger partial charge in [-0.1, -0.05) is 22.8 Å². The van der Waals surface area contributed by atoms with Crippen molar-refractivity contribution >= 4 is 23.2 Å². The molecule has 1 fully saturated rings. The first-order chi connectivity index (χ1) is 12.1. The van der Waals surface area contributed by atoms with E-state index in [9.17, 15) is 4.79 Å². The molecular formula is C18H15ClN4O2. The fourth-order valence-corrected chi connectivity index (χ4v) is 3.07. The molecule has 6 nitrogen and oxygen atoms in total. The Morgan fingerprint density at radius 3 is 2.80 bits per heavy atom. The number of aromatic nitrogens is 3. The van der Waals surface area contributed by atoms with Gasteiger partial charge in [0.25, 0.3) is 0 Å². The highest BCUT2D eigenvalue weighted by Gasteiger charge is 2.35. The summed E-state index contributed by atoms with van der Waals surface area (Å²) in [5, 5.41) is 4.66. The molecule has 1 aliphatic rings. The van der Waals surface area contributed by atoms with Crippen LogP contribution in [0.4, 0.5) is 5.69 Å². The van der Waals surface area contributed by atoms with E-state index in [2.05, 4.69) is 15.1 Å². The lowest BCUT2D eigenvalue weighted by Gasteiger charge is -2.17. The van der Waals surface area contributed by atoms with E-state index < -0.39 is 0 Å². The Labute approximate surface area is 149 Å². The van der Waals surface area contributed by atoms with Gasteiger partial charge in [0.1, 0.15) is 0 Å². The van der Waals surface area contributed by atoms with Crippen molar-refractivity contribution in [1.82, 2.24) is 15.1 Å². The van der Waals surface area contributed by atoms with Crippen LogP contribution in [0.15, 0.2) is 47.2 Å². The van der Waals surface area contributed by atoms with Crippen LogP contribution >= 0.6 is 11.6 Å². The van der Waals surface area contributed by atoms with Crippen molar-refractivity contribution in [3.8, 4) is 11.4 Å². The molecule has 1 amide bonds. The SMILES string of the molecule is Cc1ccc(N2CC(c3nc(-c4ccncc4)no3)CC2=O)cc1Cl. The molecule has 25 heavy (non-hydrogen) atoms. The molecular weight excluding hydrogens is 340 g/mol. The number of carbonyl (C=O) groups excluding carboxylic acids is 1. The quantitative estimate of drug-likeness (QED) is 0.718. The second-order valence-corrected chi connectivity index (χ2v) is 6.44. The van der Waals surface area contributed by atoms with Gasteiger partial charge in [0.15, 0.2) is 0 Å². The van der Waals surface area contributed by atoms with E-state index in [1.54, 1.807) is 17.3 Å². The summed E-state index contributed by atoms with van der Waals surface area (Å²) in [6, 6.07) is 9.25. The van der Waals surface area contributed by atoms with Crippen molar-refractivity contribution in [2.45, 2.75) is 19.3 Å². The fraction of sp³-hybridized carbons (Fsp3) is 0.222. The van der Waals surface area contributed by atoms with E-state index in [0.717, 1.165) is 16.8 Å². The van der Waals surface area contributed by atoms with Gasteiger partial charge in [0.2, 0.25) is 17.6 Å². The Kier molecular flexibility index (Phi) is 3.97. The van der Waals surface area contributed by atoms with Crippen molar-refractivity contribution in [3.05, 3.63) is 59.2 Å². The van der Waals surface area contributed by atoms with E-state index in [4.69, 9.17) is 16.1 Å². The summed E-state index contributed by atoms with van der Waals surface area (Å²) in [5.74, 6) is 0.867. The minimum atomic E-state index is -0.129. The Bertz CT molecular complexity index is 926. The summed E-state index contributed by atoms with van der Waals surface area (Å²) in [4.78, 5) is 22.6. The number of anilines is 1. The second kappa shape index (κ2) is 6.29. The highest BCUT2D eigenvalue weighted by atomic mass is 35.5. The van der Waals surface area contributed by atoms with Crippen LogP contribution in [-0.4, -0.2) is 27.6 Å². The average molecular weight is 355 g/mol. The third kappa shape index (κ3) is 3.00. The van der Waals surface area contributed by atoms with Crippen molar-refractivity contribution in [1.29, 1.82) is 0 Å². The molecule has 0 radical (unpaired) electrons. The Morgan fingerprint density at radius 1 is 1.24 bits per heavy atom. The maximum absolute atomic E-state index is 12.4. The maximum atomic E-state index is 12.4. The van der Waals surface area contributed by atoms with E-state index in [-0.39, 0.29) is 11.8 Å². The average Bonchev–Trinajstić information content (AvgIpc) is 3.25. The van der Waals surface area contributed by atoms with Crippen LogP contribution in [-0.2, 0) is 4.79 Å². The van der Waals surface area contributed by atoms with E-state index in [1.807, 2.05) is 37.3 Å². The van der Waals surface area contributed by atoms with Crippen LogP contribution in [0.3, 0.4) is 0 Å². The van der Waals surface area contributed by atoms with Gasteiger partial charge in [-0.2, -0.15) is 4.98 Å². The molecule has 126 valence electrons. The van der Waals surface area contributed by atoms with Gasteiger partial charge in [-0.15, -0.1) is 0 Å². The third-order valence-electron chi connectivity index (χ3n) is 4.32. The summed E-state index contributed by atoms with van der Waals surface area (Å²) in [6.07, 6.45) is 3.68. The highest BCUT2D eigenvalue weighted by molar-refractivity contribution is 6.31. The van der Waals surface area contributed by atoms with Crippen LogP contribution in [0.2, 0.25) is 5.02 Å². The molecule has 0 saturated carbocycles. The zero-order valence-electron chi connectivity index (χ0n) is 13.5. The van der Waals surface area contributed by atoms with Crippen LogP contribution < -0.4 is 4.90 Å². The van der Waals surface area contributed by atoms with E-state index in [1.165, 1.54) is 0 Å². The van der Waals surface area contributed by atoms with Gasteiger partial charge < -0.3 is 9.42 Å². The lowest BCUT2D eigenvalue weighted by atomic mass is 10.1. The number of hydrogen-bond acceptors (Lipinski definition) is 5. The van der Waals surface area contributed by atoms with Gasteiger partial charge in [-0.25, -0.2) is 0 Å². The second-order valence-electron chi connectivity index (χ2n) is 6.03. The number of halogens is 1. The molecule has 0 aliphatic carbocycles. The van der Waals surface area contributed by atoms with E-state index in [0.29, 0.717) is 29.7 Å². The number of benzene rings is 1. The van der Waals surface area contributed by atoms with Crippen molar-refractivity contribution in [3.63, 3.8) is 0 Å². The van der Waals surface area contributed by atoms with Crippen molar-refractivity contribution in [2.24, 2.45) is 0 Å². The molecule has 1 aliphatic heterocycles. The monoisotopic (exact) mass is 354 g/mol. The van der Waals surface area contributed by atoms with Gasteiger partial charge in [-0.05, 0) is 36.8 Å². The molecule has 0 N–H and O–H groups in total. The number of pyridine rings is 1. The molecule has 3 heterocycles. The number of carbonyl (C=O) groups is 1. The Balaban J connectivity index is 1.56. The largest absolute Gasteiger partial charge is 0.339 e. The number of aryl methyl sites for hydroxylation is 1. The summed E-state index contributed by atoms with van der Waals surface area (Å²) >= 11 is 6.18. The highest BCUT2D eigenvalue weighted by Crippen LogP contribution is 2.33. The maximum Gasteiger partial charge on any atom is 0.232 e. The minimum absolute atomic E-state index is 0.0218. The topological polar surface area (TPSA) is 72.1 Å². The minimum Gasteiger partial charge on any atom is -0.339 e. The third-order valence-corrected chi connectivity index (χ3v) is 4.73. The molecule has 7 heteroatoms. The van der Waals surface area contributed by atoms with Crippen LogP contribution in [0.5, 0.6) is 0 Å². The molecule has 1 unspecified atom stereocenters. The normalized spacial score (nSPS) is 17.3. The Hall–Kier alpha value is -2.73. The molecule has 0 bridgehead atoms. The summed E-state index contributed by atoms with van der Waals surface area (Å²) in [7, 11) is 0. The predicted octanol–water partition coefficient (Wildman–Crippen LogP) is 3.61. The van der Waals surface area contributed by atoms with Gasteiger partial charge >= 0.3 is 0 Å². The Morgan fingerprint density at radius 2 is 2.04 bits per heavy atom. The standard InChI is InChI=1S/C18H15ClN4O2/c1-11-2-3-14(9-15(11)19)23-10-13(8-16(23)24)18-21-17(22-25-18)12-4-6-20-7-5-12/h2-7,9,13H,8,10H2,1H3. The first-order valence-electron chi connectivity index (χ1n) is 7.92. The molecule has 1 saturated heterocycles. The van der Waals surface area contributed by atoms with Crippen molar-refractivity contribution in [2.75, 3.05) is 11.4 Å². The number of hydrogen-bond donors (Lipinski definition) is 0. The van der Waals surface area contributed by atoms with Crippen LogP contribution in [0.1, 0.15) is 23.8 Å². The fourth-order valence-electron chi connectivity index (χ4n) is 2.89. The molecule has 3 aromatic rings. The lowest BCUT2D eigenvalue weighted by Crippen LogP contribution is -2.24. The van der Waals surface area contributed by atoms with Crippen molar-refractivity contribution < 1.29 is 9.32 Å². The first-order valence-corrected chi connectivity index (χ1v) is 8.30. The van der Waals surface area contributed by atoms with Gasteiger partial charge in [-0.3, -0.25) is 9.78 Å². The molecule has 2 aromatic heterocycles. The molecule has 0 spiro atoms. The number of rotatable bonds is 3. The lowest BCUT2D eigenvalue weighted by molar-refractivity contribution is -0.117. The van der Waals surface area contributed by atoms with Gasteiger partial charge in [0.05, 0.1) is 5.92 Å². The number of amides is 1. The molecule has 4 rings (SSSR count). The first kappa shape index (κ1) is 15.8. The number of nitrogens with zero attached hydrogens (tertiary/aromatic N) is 4. The zero-order valence-corrected chi connectivity index (χ0v) is 14.3. The summed E-state index contributed by atoms with van der Waals surface area (Å²) in [5.41, 5.74) is 2.60. The summed E-state index contributed by atoms with van der Waals surface area (Å²) < 4.78 is 5.39. The van der Waals surface area contributed by atoms with E-state index >= 15 is 0 Å². The molecule has 1 aromatic carbocycles.